The summed E-state index contributed by atoms with van der Waals surface area (Å²) in [5.74, 6) is 0.685. The van der Waals surface area contributed by atoms with Crippen LogP contribution in [0.5, 0.6) is 11.5 Å². The Bertz CT molecular complexity index is 1190. The molecule has 0 bridgehead atoms. The first kappa shape index (κ1) is 19.3. The predicted octanol–water partition coefficient (Wildman–Crippen LogP) is 4.46. The van der Waals surface area contributed by atoms with Crippen LogP contribution in [0.1, 0.15) is 21.7 Å². The van der Waals surface area contributed by atoms with E-state index in [0.717, 1.165) is 11.4 Å². The van der Waals surface area contributed by atoms with Crippen LogP contribution in [0.25, 0.3) is 5.95 Å². The van der Waals surface area contributed by atoms with Crippen molar-refractivity contribution in [2.75, 3.05) is 5.32 Å². The highest BCUT2D eigenvalue weighted by Gasteiger charge is 2.10. The maximum absolute atomic E-state index is 13.0. The van der Waals surface area contributed by atoms with Gasteiger partial charge in [-0.2, -0.15) is 5.10 Å². The molecule has 8 heteroatoms. The maximum Gasteiger partial charge on any atom is 0.255 e. The van der Waals surface area contributed by atoms with Crippen LogP contribution < -0.4 is 10.1 Å². The van der Waals surface area contributed by atoms with Gasteiger partial charge in [-0.05, 0) is 62.4 Å². The minimum absolute atomic E-state index is 0.331. The van der Waals surface area contributed by atoms with Crippen molar-refractivity contribution in [3.8, 4) is 17.4 Å². The molecule has 150 valence electrons. The van der Waals surface area contributed by atoms with Gasteiger partial charge in [0.25, 0.3) is 11.9 Å². The number of ether oxygens (including phenoxy) is 1. The largest absolute Gasteiger partial charge is 0.457 e. The van der Waals surface area contributed by atoms with E-state index in [1.54, 1.807) is 28.9 Å². The standard InChI is InChI=1S/C22H18FN5O2/c1-14-10-15(2)28(27-14)22-24-12-18(13-25-22)26-21(29)16-4-3-5-20(11-16)30-19-8-6-17(23)7-9-19/h3-13H,1-2H3,(H,26,29). The number of benzene rings is 2. The van der Waals surface area contributed by atoms with Gasteiger partial charge < -0.3 is 10.1 Å². The number of nitrogens with one attached hydrogen (secondary N) is 1. The third kappa shape index (κ3) is 4.33. The fraction of sp³-hybridized carbons (Fsp3) is 0.0909. The molecule has 1 amide bonds. The van der Waals surface area contributed by atoms with Gasteiger partial charge in [0, 0.05) is 11.3 Å². The van der Waals surface area contributed by atoms with Crippen molar-refractivity contribution in [3.63, 3.8) is 0 Å². The Balaban J connectivity index is 1.46. The molecule has 0 spiro atoms. The summed E-state index contributed by atoms with van der Waals surface area (Å²) in [5, 5.41) is 7.09. The van der Waals surface area contributed by atoms with Crippen LogP contribution in [0.2, 0.25) is 0 Å². The van der Waals surface area contributed by atoms with E-state index in [1.807, 2.05) is 19.9 Å². The summed E-state index contributed by atoms with van der Waals surface area (Å²) in [7, 11) is 0. The Morgan fingerprint density at radius 3 is 2.40 bits per heavy atom. The molecule has 30 heavy (non-hydrogen) atoms. The van der Waals surface area contributed by atoms with Crippen molar-refractivity contribution in [2.24, 2.45) is 0 Å². The Kier molecular flexibility index (Phi) is 5.21. The minimum Gasteiger partial charge on any atom is -0.457 e. The molecule has 2 heterocycles. The number of aromatic nitrogens is 4. The van der Waals surface area contributed by atoms with Gasteiger partial charge in [0.2, 0.25) is 0 Å². The van der Waals surface area contributed by atoms with Crippen LogP contribution in [0.3, 0.4) is 0 Å². The molecule has 7 nitrogen and oxygen atoms in total. The molecule has 2 aromatic carbocycles. The van der Waals surface area contributed by atoms with Gasteiger partial charge in [-0.1, -0.05) is 6.07 Å². The average Bonchev–Trinajstić information content (AvgIpc) is 3.08. The summed E-state index contributed by atoms with van der Waals surface area (Å²) in [6, 6.07) is 14.3. The van der Waals surface area contributed by atoms with Crippen LogP contribution in [-0.2, 0) is 0 Å². The van der Waals surface area contributed by atoms with E-state index < -0.39 is 0 Å². The SMILES string of the molecule is Cc1cc(C)n(-c2ncc(NC(=O)c3cccc(Oc4ccc(F)cc4)c3)cn2)n1. The summed E-state index contributed by atoms with van der Waals surface area (Å²) in [5.41, 5.74) is 2.64. The zero-order valence-electron chi connectivity index (χ0n) is 16.3. The molecular weight excluding hydrogens is 385 g/mol. The van der Waals surface area contributed by atoms with Crippen molar-refractivity contribution in [2.45, 2.75) is 13.8 Å². The number of hydrogen-bond donors (Lipinski definition) is 1. The Morgan fingerprint density at radius 1 is 1.00 bits per heavy atom. The number of halogens is 1. The lowest BCUT2D eigenvalue weighted by atomic mass is 10.2. The third-order valence-corrected chi connectivity index (χ3v) is 4.24. The highest BCUT2D eigenvalue weighted by Crippen LogP contribution is 2.23. The second-order valence-corrected chi connectivity index (χ2v) is 6.65. The quantitative estimate of drug-likeness (QED) is 0.532. The molecule has 4 aromatic rings. The monoisotopic (exact) mass is 403 g/mol. The van der Waals surface area contributed by atoms with Crippen LogP contribution in [0.15, 0.2) is 67.0 Å². The summed E-state index contributed by atoms with van der Waals surface area (Å²) < 4.78 is 20.3. The fourth-order valence-corrected chi connectivity index (χ4v) is 2.87. The minimum atomic E-state index is -0.346. The normalized spacial score (nSPS) is 10.6. The summed E-state index contributed by atoms with van der Waals surface area (Å²) >= 11 is 0. The smallest absolute Gasteiger partial charge is 0.255 e. The molecule has 0 saturated heterocycles. The van der Waals surface area contributed by atoms with Gasteiger partial charge in [-0.15, -0.1) is 0 Å². The molecule has 0 aliphatic heterocycles. The zero-order valence-corrected chi connectivity index (χ0v) is 16.3. The second-order valence-electron chi connectivity index (χ2n) is 6.65. The molecule has 0 unspecified atom stereocenters. The van der Waals surface area contributed by atoms with E-state index in [-0.39, 0.29) is 11.7 Å². The van der Waals surface area contributed by atoms with Crippen LogP contribution >= 0.6 is 0 Å². The van der Waals surface area contributed by atoms with Gasteiger partial charge in [-0.25, -0.2) is 19.0 Å². The summed E-state index contributed by atoms with van der Waals surface area (Å²) in [6.07, 6.45) is 3.05. The first-order valence-electron chi connectivity index (χ1n) is 9.18. The van der Waals surface area contributed by atoms with E-state index in [0.29, 0.717) is 28.7 Å². The van der Waals surface area contributed by atoms with E-state index in [4.69, 9.17) is 4.74 Å². The molecule has 0 aliphatic rings. The van der Waals surface area contributed by atoms with Gasteiger partial charge in [0.1, 0.15) is 17.3 Å². The van der Waals surface area contributed by atoms with Crippen LogP contribution in [0, 0.1) is 19.7 Å². The lowest BCUT2D eigenvalue weighted by molar-refractivity contribution is 0.102. The topological polar surface area (TPSA) is 81.9 Å². The molecule has 1 N–H and O–H groups in total. The zero-order chi connectivity index (χ0) is 21.1. The Labute approximate surface area is 172 Å². The summed E-state index contributed by atoms with van der Waals surface area (Å²) in [4.78, 5) is 21.1. The number of nitrogens with zero attached hydrogens (tertiary/aromatic N) is 4. The maximum atomic E-state index is 13.0. The number of hydrogen-bond acceptors (Lipinski definition) is 5. The number of carbonyl (C=O) groups is 1. The first-order chi connectivity index (χ1) is 14.5. The van der Waals surface area contributed by atoms with Crippen molar-refractivity contribution in [3.05, 3.63) is 89.8 Å². The van der Waals surface area contributed by atoms with Gasteiger partial charge in [0.15, 0.2) is 0 Å². The molecule has 0 radical (unpaired) electrons. The van der Waals surface area contributed by atoms with Crippen molar-refractivity contribution < 1.29 is 13.9 Å². The highest BCUT2D eigenvalue weighted by atomic mass is 19.1. The number of anilines is 1. The first-order valence-corrected chi connectivity index (χ1v) is 9.18. The third-order valence-electron chi connectivity index (χ3n) is 4.24. The number of rotatable bonds is 5. The number of amides is 1. The number of aryl methyl sites for hydroxylation is 2. The van der Waals surface area contributed by atoms with Gasteiger partial charge >= 0.3 is 0 Å². The fourth-order valence-electron chi connectivity index (χ4n) is 2.87. The van der Waals surface area contributed by atoms with E-state index >= 15 is 0 Å². The molecule has 0 saturated carbocycles. The molecule has 0 aliphatic carbocycles. The summed E-state index contributed by atoms with van der Waals surface area (Å²) in [6.45, 7) is 3.81. The molecule has 0 fully saturated rings. The van der Waals surface area contributed by atoms with E-state index in [1.165, 1.54) is 36.7 Å². The van der Waals surface area contributed by atoms with E-state index in [2.05, 4.69) is 20.4 Å². The van der Waals surface area contributed by atoms with E-state index in [9.17, 15) is 9.18 Å². The van der Waals surface area contributed by atoms with Crippen molar-refractivity contribution >= 4 is 11.6 Å². The molecule has 4 rings (SSSR count). The Hall–Kier alpha value is -4.07. The second kappa shape index (κ2) is 8.12. The molecule has 0 atom stereocenters. The predicted molar refractivity (Wildman–Crippen MR) is 109 cm³/mol. The van der Waals surface area contributed by atoms with Gasteiger partial charge in [0.05, 0.1) is 23.8 Å². The van der Waals surface area contributed by atoms with Crippen molar-refractivity contribution in [1.29, 1.82) is 0 Å². The Morgan fingerprint density at radius 2 is 1.73 bits per heavy atom. The number of carbonyl (C=O) groups excluding carboxylic acids is 1. The van der Waals surface area contributed by atoms with Crippen LogP contribution in [0.4, 0.5) is 10.1 Å². The lowest BCUT2D eigenvalue weighted by Gasteiger charge is -2.09. The molecule has 2 aromatic heterocycles. The average molecular weight is 403 g/mol. The highest BCUT2D eigenvalue weighted by molar-refractivity contribution is 6.04. The lowest BCUT2D eigenvalue weighted by Crippen LogP contribution is -2.13. The van der Waals surface area contributed by atoms with Gasteiger partial charge in [-0.3, -0.25) is 4.79 Å². The van der Waals surface area contributed by atoms with Crippen molar-refractivity contribution in [1.82, 2.24) is 19.7 Å². The van der Waals surface area contributed by atoms with Crippen LogP contribution in [-0.4, -0.2) is 25.7 Å². The molecular formula is C22H18FN5O2.